The number of nitrogens with zero attached hydrogens (tertiary/aromatic N) is 3. The number of nitrogens with two attached hydrogens (primary N) is 1. The molecule has 0 saturated carbocycles. The van der Waals surface area contributed by atoms with Gasteiger partial charge in [0.15, 0.2) is 0 Å². The van der Waals surface area contributed by atoms with Crippen LogP contribution in [0, 0.1) is 5.92 Å². The Morgan fingerprint density at radius 1 is 0.943 bits per heavy atom. The lowest BCUT2D eigenvalue weighted by Gasteiger charge is -2.13. The van der Waals surface area contributed by atoms with E-state index in [0.717, 1.165) is 13.0 Å². The van der Waals surface area contributed by atoms with E-state index in [1.807, 2.05) is 19.9 Å². The summed E-state index contributed by atoms with van der Waals surface area (Å²) >= 11 is 0. The number of benzene rings is 1. The summed E-state index contributed by atoms with van der Waals surface area (Å²) in [6.45, 7) is 11.9. The van der Waals surface area contributed by atoms with E-state index in [9.17, 15) is 4.79 Å². The second-order valence-electron chi connectivity index (χ2n) is 8.69. The summed E-state index contributed by atoms with van der Waals surface area (Å²) in [7, 11) is 0. The summed E-state index contributed by atoms with van der Waals surface area (Å²) in [5.74, 6) is 1.75. The van der Waals surface area contributed by atoms with Crippen LogP contribution in [0.15, 0.2) is 24.3 Å². The van der Waals surface area contributed by atoms with E-state index in [0.29, 0.717) is 74.5 Å². The van der Waals surface area contributed by atoms with Gasteiger partial charge in [-0.3, -0.25) is 4.79 Å². The zero-order valence-electron chi connectivity index (χ0n) is 21.3. The number of amides is 1. The van der Waals surface area contributed by atoms with E-state index in [-0.39, 0.29) is 11.9 Å². The fourth-order valence-electron chi connectivity index (χ4n) is 2.92. The van der Waals surface area contributed by atoms with E-state index in [2.05, 4.69) is 50.1 Å². The number of aromatic nitrogens is 3. The zero-order chi connectivity index (χ0) is 25.5. The second kappa shape index (κ2) is 15.8. The first-order valence-corrected chi connectivity index (χ1v) is 12.1. The van der Waals surface area contributed by atoms with E-state index < -0.39 is 0 Å². The van der Waals surface area contributed by atoms with E-state index in [1.54, 1.807) is 18.2 Å². The highest BCUT2D eigenvalue weighted by molar-refractivity contribution is 5.95. The van der Waals surface area contributed by atoms with Crippen LogP contribution >= 0.6 is 0 Å². The van der Waals surface area contributed by atoms with Gasteiger partial charge in [0.2, 0.25) is 17.8 Å². The van der Waals surface area contributed by atoms with Crippen LogP contribution < -0.4 is 27.0 Å². The fourth-order valence-corrected chi connectivity index (χ4v) is 2.92. The molecule has 0 unspecified atom stereocenters. The summed E-state index contributed by atoms with van der Waals surface area (Å²) in [6.07, 6.45) is 1.01. The summed E-state index contributed by atoms with van der Waals surface area (Å²) in [6, 6.07) is 7.33. The molecule has 0 spiro atoms. The van der Waals surface area contributed by atoms with Gasteiger partial charge in [-0.2, -0.15) is 15.0 Å². The summed E-state index contributed by atoms with van der Waals surface area (Å²) < 4.78 is 10.7. The highest BCUT2D eigenvalue weighted by Gasteiger charge is 2.10. The van der Waals surface area contributed by atoms with Crippen molar-refractivity contribution in [3.05, 3.63) is 29.8 Å². The molecule has 2 rings (SSSR count). The summed E-state index contributed by atoms with van der Waals surface area (Å²) in [4.78, 5) is 25.9. The number of nitrogens with one attached hydrogen (secondary N) is 4. The topological polar surface area (TPSA) is 148 Å². The number of carbonyl (C=O) groups excluding carboxylic acids is 1. The Hall–Kier alpha value is -3.02. The van der Waals surface area contributed by atoms with Crippen LogP contribution in [0.1, 0.15) is 44.5 Å². The molecule has 1 heterocycles. The molecule has 0 fully saturated rings. The monoisotopic (exact) mass is 488 g/mol. The number of rotatable bonds is 17. The van der Waals surface area contributed by atoms with Gasteiger partial charge in [-0.25, -0.2) is 0 Å². The predicted octanol–water partition coefficient (Wildman–Crippen LogP) is 2.62. The number of hydrogen-bond donors (Lipinski definition) is 5. The average molecular weight is 489 g/mol. The Morgan fingerprint density at radius 3 is 2.37 bits per heavy atom. The molecule has 0 aliphatic carbocycles. The first-order chi connectivity index (χ1) is 16.9. The molecular weight excluding hydrogens is 448 g/mol. The largest absolute Gasteiger partial charge is 0.378 e. The quantitative estimate of drug-likeness (QED) is 0.210. The van der Waals surface area contributed by atoms with E-state index >= 15 is 0 Å². The van der Waals surface area contributed by atoms with E-state index in [4.69, 9.17) is 15.2 Å². The number of anilines is 4. The van der Waals surface area contributed by atoms with Gasteiger partial charge < -0.3 is 36.5 Å². The second-order valence-corrected chi connectivity index (χ2v) is 8.69. The molecule has 1 aromatic heterocycles. The van der Waals surface area contributed by atoms with Gasteiger partial charge in [0.05, 0.1) is 26.4 Å². The molecule has 1 aromatic carbocycles. The molecule has 194 valence electrons. The van der Waals surface area contributed by atoms with Crippen molar-refractivity contribution in [1.29, 1.82) is 0 Å². The molecule has 0 aliphatic rings. The Balaban J connectivity index is 1.95. The van der Waals surface area contributed by atoms with Crippen LogP contribution in [-0.2, 0) is 9.47 Å². The Morgan fingerprint density at radius 2 is 1.66 bits per heavy atom. The molecule has 2 aromatic rings. The van der Waals surface area contributed by atoms with E-state index in [1.165, 1.54) is 0 Å². The van der Waals surface area contributed by atoms with Gasteiger partial charge in [0.25, 0.3) is 5.91 Å². The molecule has 0 bridgehead atoms. The fraction of sp³-hybridized carbons (Fsp3) is 0.583. The summed E-state index contributed by atoms with van der Waals surface area (Å²) in [5, 5.41) is 12.5. The third kappa shape index (κ3) is 11.8. The van der Waals surface area contributed by atoms with Crippen molar-refractivity contribution in [2.24, 2.45) is 11.7 Å². The Bertz CT molecular complexity index is 895. The molecule has 6 N–H and O–H groups in total. The molecule has 0 saturated heterocycles. The molecule has 35 heavy (non-hydrogen) atoms. The lowest BCUT2D eigenvalue weighted by Crippen LogP contribution is -2.27. The Labute approximate surface area is 208 Å². The van der Waals surface area contributed by atoms with Crippen LogP contribution in [0.25, 0.3) is 0 Å². The minimum Gasteiger partial charge on any atom is -0.378 e. The number of hydrogen-bond acceptors (Lipinski definition) is 10. The van der Waals surface area contributed by atoms with Crippen molar-refractivity contribution in [1.82, 2.24) is 20.3 Å². The zero-order valence-corrected chi connectivity index (χ0v) is 21.3. The maximum Gasteiger partial charge on any atom is 0.251 e. The normalized spacial score (nSPS) is 11.1. The van der Waals surface area contributed by atoms with Crippen molar-refractivity contribution in [2.45, 2.75) is 40.2 Å². The standard InChI is InChI=1S/C24H40N8O3/c1-17(2)8-10-27-22-30-23(28-18(3)4)32-24(31-22)29-20-7-5-6-19(16-20)21(33)26-11-13-35-15-14-34-12-9-25/h5-7,16-18H,8-15,25H2,1-4H3,(H,26,33)(H3,27,28,29,30,31,32). The lowest BCUT2D eigenvalue weighted by atomic mass is 10.1. The van der Waals surface area contributed by atoms with Crippen molar-refractivity contribution < 1.29 is 14.3 Å². The van der Waals surface area contributed by atoms with Crippen LogP contribution in [-0.4, -0.2) is 73.0 Å². The third-order valence-corrected chi connectivity index (χ3v) is 4.61. The lowest BCUT2D eigenvalue weighted by molar-refractivity contribution is 0.0511. The predicted molar refractivity (Wildman–Crippen MR) is 139 cm³/mol. The molecule has 11 heteroatoms. The van der Waals surface area contributed by atoms with Gasteiger partial charge in [0, 0.05) is 36.9 Å². The highest BCUT2D eigenvalue weighted by atomic mass is 16.5. The van der Waals surface area contributed by atoms with Crippen LogP contribution in [0.4, 0.5) is 23.5 Å². The maximum atomic E-state index is 12.5. The molecular formula is C24H40N8O3. The van der Waals surface area contributed by atoms with Gasteiger partial charge in [-0.05, 0) is 44.4 Å². The van der Waals surface area contributed by atoms with Crippen LogP contribution in [0.2, 0.25) is 0 Å². The number of carbonyl (C=O) groups is 1. The minimum atomic E-state index is -0.189. The molecule has 1 amide bonds. The average Bonchev–Trinajstić information content (AvgIpc) is 2.80. The molecule has 11 nitrogen and oxygen atoms in total. The SMILES string of the molecule is CC(C)CCNc1nc(Nc2cccc(C(=O)NCCOCCOCCN)c2)nc(NC(C)C)n1. The van der Waals surface area contributed by atoms with Gasteiger partial charge in [0.1, 0.15) is 0 Å². The van der Waals surface area contributed by atoms with Crippen molar-refractivity contribution >= 4 is 29.4 Å². The minimum absolute atomic E-state index is 0.170. The third-order valence-electron chi connectivity index (χ3n) is 4.61. The Kier molecular flexibility index (Phi) is 12.7. The van der Waals surface area contributed by atoms with Gasteiger partial charge in [-0.1, -0.05) is 19.9 Å². The first kappa shape index (κ1) is 28.2. The molecule has 0 aliphatic heterocycles. The molecule has 0 atom stereocenters. The first-order valence-electron chi connectivity index (χ1n) is 12.1. The maximum absolute atomic E-state index is 12.5. The molecule has 0 radical (unpaired) electrons. The van der Waals surface area contributed by atoms with Gasteiger partial charge >= 0.3 is 0 Å². The van der Waals surface area contributed by atoms with Crippen LogP contribution in [0.3, 0.4) is 0 Å². The van der Waals surface area contributed by atoms with Crippen molar-refractivity contribution in [3.8, 4) is 0 Å². The van der Waals surface area contributed by atoms with Crippen LogP contribution in [0.5, 0.6) is 0 Å². The van der Waals surface area contributed by atoms with Gasteiger partial charge in [-0.15, -0.1) is 0 Å². The number of ether oxygens (including phenoxy) is 2. The smallest absolute Gasteiger partial charge is 0.251 e. The highest BCUT2D eigenvalue weighted by Crippen LogP contribution is 2.18. The van der Waals surface area contributed by atoms with Crippen molar-refractivity contribution in [3.63, 3.8) is 0 Å². The summed E-state index contributed by atoms with van der Waals surface area (Å²) in [5.41, 5.74) is 6.57. The van der Waals surface area contributed by atoms with Crippen molar-refractivity contribution in [2.75, 3.05) is 62.0 Å².